The van der Waals surface area contributed by atoms with Crippen molar-refractivity contribution < 1.29 is 26.4 Å². The van der Waals surface area contributed by atoms with Crippen LogP contribution in [0.5, 0.6) is 0 Å². The van der Waals surface area contributed by atoms with Crippen molar-refractivity contribution in [1.82, 2.24) is 19.6 Å². The van der Waals surface area contributed by atoms with Crippen molar-refractivity contribution in [3.8, 4) is 11.3 Å². The third kappa shape index (κ3) is 6.43. The highest BCUT2D eigenvalue weighted by atomic mass is 35.5. The van der Waals surface area contributed by atoms with Gasteiger partial charge in [0.15, 0.2) is 0 Å². The number of hydrogen-bond donors (Lipinski definition) is 1. The summed E-state index contributed by atoms with van der Waals surface area (Å²) in [6.45, 7) is 5.20. The Hall–Kier alpha value is -2.74. The van der Waals surface area contributed by atoms with Gasteiger partial charge in [0.2, 0.25) is 11.9 Å². The predicted molar refractivity (Wildman–Crippen MR) is 156 cm³/mol. The largest absolute Gasteiger partial charge is 0.416 e. The molecule has 4 heterocycles. The molecule has 2 fully saturated rings. The minimum atomic E-state index is -4.46. The van der Waals surface area contributed by atoms with Gasteiger partial charge in [0, 0.05) is 24.7 Å². The molecule has 3 aromatic rings. The second-order valence-corrected chi connectivity index (χ2v) is 14.6. The first kappa shape index (κ1) is 30.7. The lowest BCUT2D eigenvalue weighted by Crippen LogP contribution is -2.45. The number of amides is 1. The first-order valence-corrected chi connectivity index (χ1v) is 16.3. The number of anilines is 1. The number of hydrogen-bond acceptors (Lipinski definition) is 7. The number of carbonyl (C=O) groups is 1. The third-order valence-electron chi connectivity index (χ3n) is 7.66. The topological polar surface area (TPSA) is 95.5 Å². The Kier molecular flexibility index (Phi) is 8.85. The van der Waals surface area contributed by atoms with Crippen LogP contribution in [0.4, 0.5) is 19.1 Å². The van der Waals surface area contributed by atoms with Gasteiger partial charge in [-0.3, -0.25) is 4.79 Å². The molecule has 2 aliphatic heterocycles. The minimum absolute atomic E-state index is 0.00259. The van der Waals surface area contributed by atoms with E-state index in [1.165, 1.54) is 28.6 Å². The van der Waals surface area contributed by atoms with Crippen molar-refractivity contribution in [2.24, 2.45) is 5.92 Å². The number of nitrogens with zero attached hydrogens (tertiary/aromatic N) is 4. The van der Waals surface area contributed by atoms with E-state index in [9.17, 15) is 26.4 Å². The third-order valence-corrected chi connectivity index (χ3v) is 11.3. The summed E-state index contributed by atoms with van der Waals surface area (Å²) in [5.41, 5.74) is 0.637. The highest BCUT2D eigenvalue weighted by Gasteiger charge is 2.40. The maximum absolute atomic E-state index is 13.3. The van der Waals surface area contributed by atoms with Gasteiger partial charge >= 0.3 is 6.18 Å². The molecule has 0 bridgehead atoms. The molecular weight excluding hydrogens is 611 g/mol. The summed E-state index contributed by atoms with van der Waals surface area (Å²) >= 11 is 6.89. The monoisotopic (exact) mass is 641 g/mol. The molecule has 2 aliphatic rings. The molecule has 14 heteroatoms. The SMILES string of the molecule is CC(C)C1CCCN1c1nc(CNC(=O)C2CCCN2S(=O)(=O)c2ccc(Cl)s2)cc(-c2ccc(C(F)(F)F)cc2)n1. The average Bonchev–Trinajstić information content (AvgIpc) is 3.72. The Morgan fingerprint density at radius 3 is 2.45 bits per heavy atom. The lowest BCUT2D eigenvalue weighted by molar-refractivity contribution is -0.137. The Bertz CT molecular complexity index is 1550. The zero-order valence-corrected chi connectivity index (χ0v) is 25.5. The molecule has 1 N–H and O–H groups in total. The maximum atomic E-state index is 13.3. The fourth-order valence-electron chi connectivity index (χ4n) is 5.55. The summed E-state index contributed by atoms with van der Waals surface area (Å²) in [4.78, 5) is 24.8. The van der Waals surface area contributed by atoms with Crippen LogP contribution in [0.1, 0.15) is 50.8 Å². The van der Waals surface area contributed by atoms with Gasteiger partial charge in [-0.2, -0.15) is 17.5 Å². The van der Waals surface area contributed by atoms with Gasteiger partial charge in [-0.25, -0.2) is 18.4 Å². The Balaban J connectivity index is 1.40. The molecule has 226 valence electrons. The predicted octanol–water partition coefficient (Wildman–Crippen LogP) is 5.97. The molecular formula is C28H31ClF3N5O3S2. The van der Waals surface area contributed by atoms with Gasteiger partial charge in [-0.15, -0.1) is 11.3 Å². The number of benzene rings is 1. The molecule has 1 aromatic carbocycles. The van der Waals surface area contributed by atoms with Gasteiger partial charge < -0.3 is 10.2 Å². The average molecular weight is 642 g/mol. The zero-order valence-electron chi connectivity index (χ0n) is 23.1. The summed E-state index contributed by atoms with van der Waals surface area (Å²) in [6.07, 6.45) is -1.61. The van der Waals surface area contributed by atoms with Crippen molar-refractivity contribution in [3.63, 3.8) is 0 Å². The summed E-state index contributed by atoms with van der Waals surface area (Å²) in [6, 6.07) is 8.69. The van der Waals surface area contributed by atoms with Crippen LogP contribution in [-0.2, 0) is 27.5 Å². The molecule has 2 unspecified atom stereocenters. The van der Waals surface area contributed by atoms with Crippen molar-refractivity contribution in [2.75, 3.05) is 18.0 Å². The van der Waals surface area contributed by atoms with E-state index in [-0.39, 0.29) is 23.3 Å². The quantitative estimate of drug-likeness (QED) is 0.326. The molecule has 0 aliphatic carbocycles. The fourth-order valence-corrected chi connectivity index (χ4v) is 8.82. The summed E-state index contributed by atoms with van der Waals surface area (Å²) in [5.74, 6) is 0.339. The molecule has 0 spiro atoms. The smallest absolute Gasteiger partial charge is 0.349 e. The van der Waals surface area contributed by atoms with E-state index in [1.807, 2.05) is 0 Å². The van der Waals surface area contributed by atoms with Crippen LogP contribution in [0.3, 0.4) is 0 Å². The minimum Gasteiger partial charge on any atom is -0.349 e. The van der Waals surface area contributed by atoms with Crippen LogP contribution >= 0.6 is 22.9 Å². The van der Waals surface area contributed by atoms with Crippen LogP contribution in [0.2, 0.25) is 4.34 Å². The molecule has 0 radical (unpaired) electrons. The highest BCUT2D eigenvalue weighted by molar-refractivity contribution is 7.91. The second-order valence-electron chi connectivity index (χ2n) is 10.8. The first-order chi connectivity index (χ1) is 19.8. The highest BCUT2D eigenvalue weighted by Crippen LogP contribution is 2.34. The van der Waals surface area contributed by atoms with E-state index < -0.39 is 33.7 Å². The van der Waals surface area contributed by atoms with Crippen LogP contribution in [0, 0.1) is 5.92 Å². The summed E-state index contributed by atoms with van der Waals surface area (Å²) < 4.78 is 67.5. The van der Waals surface area contributed by atoms with E-state index in [4.69, 9.17) is 21.6 Å². The number of rotatable bonds is 8. The van der Waals surface area contributed by atoms with Gasteiger partial charge in [-0.05, 0) is 61.9 Å². The van der Waals surface area contributed by atoms with Gasteiger partial charge in [0.1, 0.15) is 10.3 Å². The molecule has 2 atom stereocenters. The van der Waals surface area contributed by atoms with E-state index >= 15 is 0 Å². The second kappa shape index (κ2) is 12.1. The summed E-state index contributed by atoms with van der Waals surface area (Å²) in [5, 5.41) is 2.83. The first-order valence-electron chi connectivity index (χ1n) is 13.7. The molecule has 42 heavy (non-hydrogen) atoms. The summed E-state index contributed by atoms with van der Waals surface area (Å²) in [7, 11) is -3.89. The lowest BCUT2D eigenvalue weighted by atomic mass is 10.0. The van der Waals surface area contributed by atoms with Crippen molar-refractivity contribution >= 4 is 44.8 Å². The fraction of sp³-hybridized carbons (Fsp3) is 0.464. The molecule has 1 amide bonds. The number of alkyl halides is 3. The number of sulfonamides is 1. The molecule has 0 saturated carbocycles. The van der Waals surface area contributed by atoms with Gasteiger partial charge in [-0.1, -0.05) is 37.6 Å². The van der Waals surface area contributed by atoms with E-state index in [0.29, 0.717) is 46.0 Å². The van der Waals surface area contributed by atoms with Crippen molar-refractivity contribution in [1.29, 1.82) is 0 Å². The van der Waals surface area contributed by atoms with E-state index in [1.54, 1.807) is 6.07 Å². The van der Waals surface area contributed by atoms with E-state index in [2.05, 4.69) is 24.1 Å². The zero-order chi connectivity index (χ0) is 30.2. The van der Waals surface area contributed by atoms with Crippen LogP contribution in [0.15, 0.2) is 46.7 Å². The van der Waals surface area contributed by atoms with Crippen molar-refractivity contribution in [2.45, 2.75) is 68.5 Å². The Labute approximate surface area is 252 Å². The van der Waals surface area contributed by atoms with Crippen molar-refractivity contribution in [3.05, 3.63) is 58.1 Å². The van der Waals surface area contributed by atoms with Gasteiger partial charge in [0.25, 0.3) is 10.0 Å². The molecule has 8 nitrogen and oxygen atoms in total. The normalized spacial score (nSPS) is 20.0. The number of thiophene rings is 1. The van der Waals surface area contributed by atoms with Crippen LogP contribution in [-0.4, -0.2) is 53.8 Å². The molecule has 5 rings (SSSR count). The lowest BCUT2D eigenvalue weighted by Gasteiger charge is -2.28. The molecule has 2 saturated heterocycles. The maximum Gasteiger partial charge on any atom is 0.416 e. The number of halogens is 4. The van der Waals surface area contributed by atoms with E-state index in [0.717, 1.165) is 42.9 Å². The molecule has 2 aromatic heterocycles. The van der Waals surface area contributed by atoms with Gasteiger partial charge in [0.05, 0.1) is 27.8 Å². The Morgan fingerprint density at radius 2 is 1.81 bits per heavy atom. The Morgan fingerprint density at radius 1 is 1.10 bits per heavy atom. The van der Waals surface area contributed by atoms with Crippen LogP contribution < -0.4 is 10.2 Å². The number of aromatic nitrogens is 2. The standard InChI is InChI=1S/C28H31ClF3N5O3S2/c1-17(2)22-5-3-13-36(22)27-34-20(15-21(35-27)18-7-9-19(10-8-18)28(30,31)32)16-33-26(38)23-6-4-14-37(23)42(39,40)25-12-11-24(29)41-25/h7-12,15,17,22-23H,3-6,13-14,16H2,1-2H3,(H,33,38). The number of nitrogens with one attached hydrogen (secondary N) is 1. The van der Waals surface area contributed by atoms with Crippen LogP contribution in [0.25, 0.3) is 11.3 Å². The number of carbonyl (C=O) groups excluding carboxylic acids is 1.